The highest BCUT2D eigenvalue weighted by atomic mass is 32.2. The van der Waals surface area contributed by atoms with Crippen LogP contribution in [0, 0.1) is 0 Å². The molecular weight excluding hydrogens is 386 g/mol. The third kappa shape index (κ3) is 5.61. The molecule has 0 radical (unpaired) electrons. The summed E-state index contributed by atoms with van der Waals surface area (Å²) in [5.41, 5.74) is 0.633. The number of rotatable bonds is 5. The van der Waals surface area contributed by atoms with Crippen molar-refractivity contribution in [3.8, 4) is 0 Å². The monoisotopic (exact) mass is 413 g/mol. The van der Waals surface area contributed by atoms with Crippen molar-refractivity contribution < 1.29 is 13.2 Å². The molecule has 0 saturated carbocycles. The van der Waals surface area contributed by atoms with Crippen LogP contribution in [0.15, 0.2) is 29.2 Å². The predicted molar refractivity (Wildman–Crippen MR) is 110 cm³/mol. The second-order valence-electron chi connectivity index (χ2n) is 6.80. The lowest BCUT2D eigenvalue weighted by Crippen LogP contribution is -2.51. The smallest absolute Gasteiger partial charge is 0.242 e. The number of hydrogen-bond acceptors (Lipinski definition) is 5. The summed E-state index contributed by atoms with van der Waals surface area (Å²) in [7, 11) is 3.01. The van der Waals surface area contributed by atoms with Gasteiger partial charge in [-0.3, -0.25) is 9.69 Å². The molecule has 1 saturated heterocycles. The van der Waals surface area contributed by atoms with Crippen LogP contribution in [-0.2, 0) is 14.8 Å². The number of thiocarbonyl (C=S) groups is 1. The van der Waals surface area contributed by atoms with Crippen LogP contribution in [0.1, 0.15) is 0 Å². The fourth-order valence-electron chi connectivity index (χ4n) is 2.59. The number of sulfonamides is 1. The molecule has 1 aromatic carbocycles. The molecule has 1 fully saturated rings. The Labute approximate surface area is 166 Å². The van der Waals surface area contributed by atoms with Gasteiger partial charge in [0.1, 0.15) is 0 Å². The van der Waals surface area contributed by atoms with Crippen LogP contribution < -0.4 is 5.32 Å². The molecule has 1 aliphatic heterocycles. The average molecular weight is 414 g/mol. The second kappa shape index (κ2) is 8.96. The lowest BCUT2D eigenvalue weighted by atomic mass is 10.3. The van der Waals surface area contributed by atoms with Gasteiger partial charge in [0.15, 0.2) is 5.11 Å². The Bertz CT molecular complexity index is 788. The third-order valence-electron chi connectivity index (χ3n) is 4.38. The van der Waals surface area contributed by atoms with Crippen LogP contribution in [0.5, 0.6) is 0 Å². The third-order valence-corrected chi connectivity index (χ3v) is 6.55. The lowest BCUT2D eigenvalue weighted by Gasteiger charge is -2.36. The van der Waals surface area contributed by atoms with Gasteiger partial charge in [-0.2, -0.15) is 0 Å². The Morgan fingerprint density at radius 3 is 2.33 bits per heavy atom. The fourth-order valence-corrected chi connectivity index (χ4v) is 3.84. The van der Waals surface area contributed by atoms with Gasteiger partial charge in [0.05, 0.1) is 11.4 Å². The van der Waals surface area contributed by atoms with E-state index in [1.807, 2.05) is 4.90 Å². The standard InChI is InChI=1S/C17H27N5O3S2/c1-19(2)16(23)13-21-8-10-22(11-9-21)17(26)18-14-6-5-7-15(12-14)27(24,25)20(3)4/h5-7,12H,8-11,13H2,1-4H3,(H,18,26). The van der Waals surface area contributed by atoms with Crippen LogP contribution in [0.4, 0.5) is 5.69 Å². The number of nitrogens with zero attached hydrogens (tertiary/aromatic N) is 4. The molecule has 1 aliphatic rings. The van der Waals surface area contributed by atoms with E-state index in [0.717, 1.165) is 13.1 Å². The summed E-state index contributed by atoms with van der Waals surface area (Å²) in [4.78, 5) is 17.7. The first-order valence-corrected chi connectivity index (χ1v) is 10.5. The molecular formula is C17H27N5O3S2. The summed E-state index contributed by atoms with van der Waals surface area (Å²) >= 11 is 5.47. The van der Waals surface area contributed by atoms with E-state index in [9.17, 15) is 13.2 Å². The topological polar surface area (TPSA) is 76.2 Å². The Morgan fingerprint density at radius 2 is 1.78 bits per heavy atom. The molecule has 1 N–H and O–H groups in total. The average Bonchev–Trinajstić information content (AvgIpc) is 2.62. The Hall–Kier alpha value is -1.75. The Kier molecular flexibility index (Phi) is 7.15. The highest BCUT2D eigenvalue weighted by Gasteiger charge is 2.22. The van der Waals surface area contributed by atoms with Gasteiger partial charge in [0.25, 0.3) is 0 Å². The van der Waals surface area contributed by atoms with E-state index in [1.54, 1.807) is 43.3 Å². The maximum Gasteiger partial charge on any atom is 0.242 e. The van der Waals surface area contributed by atoms with Crippen LogP contribution in [0.25, 0.3) is 0 Å². The van der Waals surface area contributed by atoms with E-state index in [1.165, 1.54) is 18.4 Å². The number of hydrogen-bond donors (Lipinski definition) is 1. The molecule has 0 atom stereocenters. The van der Waals surface area contributed by atoms with Crippen molar-refractivity contribution in [3.63, 3.8) is 0 Å². The number of piperazine rings is 1. The fraction of sp³-hybridized carbons (Fsp3) is 0.529. The highest BCUT2D eigenvalue weighted by molar-refractivity contribution is 7.89. The zero-order valence-electron chi connectivity index (χ0n) is 16.2. The van der Waals surface area contributed by atoms with E-state index in [2.05, 4.69) is 10.2 Å². The zero-order chi connectivity index (χ0) is 20.2. The zero-order valence-corrected chi connectivity index (χ0v) is 17.8. The van der Waals surface area contributed by atoms with Crippen LogP contribution >= 0.6 is 12.2 Å². The highest BCUT2D eigenvalue weighted by Crippen LogP contribution is 2.18. The molecule has 1 heterocycles. The van der Waals surface area contributed by atoms with Gasteiger partial charge in [-0.25, -0.2) is 12.7 Å². The molecule has 0 spiro atoms. The van der Waals surface area contributed by atoms with E-state index in [-0.39, 0.29) is 10.8 Å². The molecule has 0 unspecified atom stereocenters. The van der Waals surface area contributed by atoms with Crippen LogP contribution in [0.3, 0.4) is 0 Å². The van der Waals surface area contributed by atoms with Crippen molar-refractivity contribution in [2.45, 2.75) is 4.90 Å². The van der Waals surface area contributed by atoms with Gasteiger partial charge in [-0.15, -0.1) is 0 Å². The lowest BCUT2D eigenvalue weighted by molar-refractivity contribution is -0.130. The molecule has 0 aromatic heterocycles. The molecule has 150 valence electrons. The number of nitrogens with one attached hydrogen (secondary N) is 1. The minimum absolute atomic E-state index is 0.0862. The van der Waals surface area contributed by atoms with Crippen molar-refractivity contribution in [3.05, 3.63) is 24.3 Å². The first-order chi connectivity index (χ1) is 12.6. The van der Waals surface area contributed by atoms with Crippen molar-refractivity contribution in [1.82, 2.24) is 19.0 Å². The summed E-state index contributed by atoms with van der Waals surface area (Å²) in [5, 5.41) is 3.67. The minimum Gasteiger partial charge on any atom is -0.348 e. The normalized spacial score (nSPS) is 15.7. The maximum absolute atomic E-state index is 12.3. The van der Waals surface area contributed by atoms with Gasteiger partial charge in [0.2, 0.25) is 15.9 Å². The number of carbonyl (C=O) groups excluding carboxylic acids is 1. The molecule has 8 nitrogen and oxygen atoms in total. The Balaban J connectivity index is 1.94. The second-order valence-corrected chi connectivity index (χ2v) is 9.34. The molecule has 0 bridgehead atoms. The quantitative estimate of drug-likeness (QED) is 0.698. The number of amides is 1. The predicted octanol–water partition coefficient (Wildman–Crippen LogP) is 0.340. The van der Waals surface area contributed by atoms with Gasteiger partial charge < -0.3 is 15.1 Å². The number of likely N-dealkylation sites (N-methyl/N-ethyl adjacent to an activating group) is 1. The first kappa shape index (κ1) is 21.5. The molecule has 10 heteroatoms. The van der Waals surface area contributed by atoms with Crippen molar-refractivity contribution >= 4 is 38.9 Å². The number of carbonyl (C=O) groups is 1. The molecule has 1 aromatic rings. The van der Waals surface area contributed by atoms with Crippen LogP contribution in [-0.4, -0.2) is 99.4 Å². The summed E-state index contributed by atoms with van der Waals surface area (Å²) < 4.78 is 25.7. The summed E-state index contributed by atoms with van der Waals surface area (Å²) in [6, 6.07) is 6.61. The summed E-state index contributed by atoms with van der Waals surface area (Å²) in [6.07, 6.45) is 0. The first-order valence-electron chi connectivity index (χ1n) is 8.62. The summed E-state index contributed by atoms with van der Waals surface area (Å²) in [5.74, 6) is 0.0862. The molecule has 0 aliphatic carbocycles. The van der Waals surface area contributed by atoms with Gasteiger partial charge >= 0.3 is 0 Å². The maximum atomic E-state index is 12.3. The summed E-state index contributed by atoms with van der Waals surface area (Å²) in [6.45, 7) is 3.32. The van der Waals surface area contributed by atoms with Gasteiger partial charge in [-0.05, 0) is 30.4 Å². The van der Waals surface area contributed by atoms with Crippen molar-refractivity contribution in [1.29, 1.82) is 0 Å². The van der Waals surface area contributed by atoms with Crippen molar-refractivity contribution in [2.24, 2.45) is 0 Å². The largest absolute Gasteiger partial charge is 0.348 e. The van der Waals surface area contributed by atoms with E-state index in [4.69, 9.17) is 12.2 Å². The molecule has 27 heavy (non-hydrogen) atoms. The number of benzene rings is 1. The SMILES string of the molecule is CN(C)C(=O)CN1CCN(C(=S)Nc2cccc(S(=O)(=O)N(C)C)c2)CC1. The van der Waals surface area contributed by atoms with Crippen molar-refractivity contribution in [2.75, 3.05) is 66.2 Å². The van der Waals surface area contributed by atoms with E-state index >= 15 is 0 Å². The van der Waals surface area contributed by atoms with Gasteiger partial charge in [-0.1, -0.05) is 6.07 Å². The van der Waals surface area contributed by atoms with Crippen LogP contribution in [0.2, 0.25) is 0 Å². The molecule has 2 rings (SSSR count). The van der Waals surface area contributed by atoms with Gasteiger partial charge in [0, 0.05) is 60.1 Å². The van der Waals surface area contributed by atoms with E-state index < -0.39 is 10.0 Å². The molecule has 1 amide bonds. The Morgan fingerprint density at radius 1 is 1.15 bits per heavy atom. The van der Waals surface area contributed by atoms with E-state index in [0.29, 0.717) is 30.4 Å². The minimum atomic E-state index is -3.49. The number of anilines is 1.